The van der Waals surface area contributed by atoms with Gasteiger partial charge >= 0.3 is 0 Å². The van der Waals surface area contributed by atoms with Crippen molar-refractivity contribution in [3.05, 3.63) is 28.4 Å². The Morgan fingerprint density at radius 2 is 2.47 bits per heavy atom. The highest BCUT2D eigenvalue weighted by molar-refractivity contribution is 5.46. The second-order valence-electron chi connectivity index (χ2n) is 4.46. The van der Waals surface area contributed by atoms with Crippen LogP contribution in [-0.4, -0.2) is 28.2 Å². The lowest BCUT2D eigenvalue weighted by molar-refractivity contribution is -0.384. The summed E-state index contributed by atoms with van der Waals surface area (Å²) >= 11 is 0. The number of hydrogen-bond donors (Lipinski definition) is 1. The Bertz CT molecular complexity index is 438. The highest BCUT2D eigenvalue weighted by Gasteiger charge is 2.37. The Labute approximate surface area is 99.2 Å². The van der Waals surface area contributed by atoms with E-state index in [2.05, 4.69) is 10.3 Å². The van der Waals surface area contributed by atoms with Crippen LogP contribution in [0.1, 0.15) is 20.3 Å². The summed E-state index contributed by atoms with van der Waals surface area (Å²) in [7, 11) is 0. The Kier molecular flexibility index (Phi) is 2.97. The van der Waals surface area contributed by atoms with Gasteiger partial charge in [0, 0.05) is 18.9 Å². The van der Waals surface area contributed by atoms with Crippen molar-refractivity contribution in [3.8, 4) is 0 Å². The van der Waals surface area contributed by atoms with E-state index in [4.69, 9.17) is 4.74 Å². The molecule has 6 nitrogen and oxygen atoms in total. The molecular weight excluding hydrogens is 222 g/mol. The quantitative estimate of drug-likeness (QED) is 0.642. The summed E-state index contributed by atoms with van der Waals surface area (Å²) in [5, 5.41) is 13.9. The van der Waals surface area contributed by atoms with E-state index in [1.807, 2.05) is 13.8 Å². The number of rotatable bonds is 3. The van der Waals surface area contributed by atoms with Crippen molar-refractivity contribution in [3.63, 3.8) is 0 Å². The highest BCUT2D eigenvalue weighted by atomic mass is 16.6. The smallest absolute Gasteiger partial charge is 0.274 e. The summed E-state index contributed by atoms with van der Waals surface area (Å²) in [6.45, 7) is 4.71. The number of nitrogens with one attached hydrogen (secondary N) is 1. The average molecular weight is 237 g/mol. The van der Waals surface area contributed by atoms with E-state index in [0.717, 1.165) is 6.42 Å². The molecule has 0 radical (unpaired) electrons. The Balaban J connectivity index is 2.18. The normalized spacial score (nSPS) is 28.0. The number of hydrogen-bond acceptors (Lipinski definition) is 5. The molecule has 0 aliphatic carbocycles. The lowest BCUT2D eigenvalue weighted by atomic mass is 9.95. The molecule has 0 spiro atoms. The van der Waals surface area contributed by atoms with Gasteiger partial charge in [0.25, 0.3) is 5.69 Å². The SMILES string of the molecule is CC1OCCC1(C)Nc1cc([N+](=O)[O-])ccn1. The van der Waals surface area contributed by atoms with Gasteiger partial charge in [-0.05, 0) is 20.3 Å². The minimum Gasteiger partial charge on any atom is -0.376 e. The summed E-state index contributed by atoms with van der Waals surface area (Å²) in [5.74, 6) is 0.513. The molecule has 1 aromatic heterocycles. The zero-order valence-corrected chi connectivity index (χ0v) is 9.84. The third-order valence-corrected chi connectivity index (χ3v) is 3.25. The topological polar surface area (TPSA) is 77.3 Å². The van der Waals surface area contributed by atoms with Crippen molar-refractivity contribution in [2.75, 3.05) is 11.9 Å². The lowest BCUT2D eigenvalue weighted by Gasteiger charge is -2.29. The van der Waals surface area contributed by atoms with Crippen LogP contribution in [0.15, 0.2) is 18.3 Å². The summed E-state index contributed by atoms with van der Waals surface area (Å²) in [6, 6.07) is 2.82. The third kappa shape index (κ3) is 2.36. The van der Waals surface area contributed by atoms with Gasteiger partial charge in [0.15, 0.2) is 0 Å². The van der Waals surface area contributed by atoms with Gasteiger partial charge < -0.3 is 10.1 Å². The van der Waals surface area contributed by atoms with E-state index in [1.165, 1.54) is 18.3 Å². The first-order valence-corrected chi connectivity index (χ1v) is 5.51. The van der Waals surface area contributed by atoms with Crippen molar-refractivity contribution in [1.82, 2.24) is 4.98 Å². The van der Waals surface area contributed by atoms with E-state index < -0.39 is 4.92 Å². The monoisotopic (exact) mass is 237 g/mol. The molecule has 6 heteroatoms. The molecule has 0 saturated carbocycles. The molecule has 1 aliphatic heterocycles. The number of ether oxygens (including phenoxy) is 1. The molecule has 1 fully saturated rings. The van der Waals surface area contributed by atoms with Crippen LogP contribution in [0.2, 0.25) is 0 Å². The fourth-order valence-corrected chi connectivity index (χ4v) is 1.89. The molecule has 1 saturated heterocycles. The predicted octanol–water partition coefficient (Wildman–Crippen LogP) is 1.97. The van der Waals surface area contributed by atoms with E-state index >= 15 is 0 Å². The van der Waals surface area contributed by atoms with Gasteiger partial charge in [-0.3, -0.25) is 10.1 Å². The fourth-order valence-electron chi connectivity index (χ4n) is 1.89. The summed E-state index contributed by atoms with van der Waals surface area (Å²) < 4.78 is 5.49. The van der Waals surface area contributed by atoms with Gasteiger partial charge in [-0.15, -0.1) is 0 Å². The molecule has 1 aliphatic rings. The molecule has 2 atom stereocenters. The van der Waals surface area contributed by atoms with Crippen molar-refractivity contribution >= 4 is 11.5 Å². The van der Waals surface area contributed by atoms with E-state index in [1.54, 1.807) is 0 Å². The van der Waals surface area contributed by atoms with Crippen molar-refractivity contribution in [2.24, 2.45) is 0 Å². The molecule has 1 aromatic rings. The molecule has 0 bridgehead atoms. The molecule has 92 valence electrons. The standard InChI is InChI=1S/C11H15N3O3/c1-8-11(2,4-6-17-8)13-10-7-9(14(15)16)3-5-12-10/h3,5,7-8H,4,6H2,1-2H3,(H,12,13). The maximum absolute atomic E-state index is 10.7. The van der Waals surface area contributed by atoms with Crippen LogP contribution < -0.4 is 5.32 Å². The first-order chi connectivity index (χ1) is 8.01. The zero-order valence-electron chi connectivity index (χ0n) is 9.84. The van der Waals surface area contributed by atoms with Crippen molar-refractivity contribution in [2.45, 2.75) is 31.9 Å². The number of nitro groups is 1. The molecule has 17 heavy (non-hydrogen) atoms. The van der Waals surface area contributed by atoms with Crippen molar-refractivity contribution in [1.29, 1.82) is 0 Å². The molecule has 0 amide bonds. The van der Waals surface area contributed by atoms with E-state index in [-0.39, 0.29) is 17.3 Å². The summed E-state index contributed by atoms with van der Waals surface area (Å²) in [4.78, 5) is 14.3. The van der Waals surface area contributed by atoms with Gasteiger partial charge in [-0.1, -0.05) is 0 Å². The predicted molar refractivity (Wildman–Crippen MR) is 63.0 cm³/mol. The number of nitrogens with zero attached hydrogens (tertiary/aromatic N) is 2. The van der Waals surface area contributed by atoms with Crippen LogP contribution >= 0.6 is 0 Å². The van der Waals surface area contributed by atoms with Crippen LogP contribution in [0.4, 0.5) is 11.5 Å². The number of aromatic nitrogens is 1. The first-order valence-electron chi connectivity index (χ1n) is 5.51. The third-order valence-electron chi connectivity index (χ3n) is 3.25. The molecule has 0 aromatic carbocycles. The van der Waals surface area contributed by atoms with Gasteiger partial charge in [0.05, 0.1) is 22.6 Å². The van der Waals surface area contributed by atoms with Gasteiger partial charge in [-0.25, -0.2) is 4.98 Å². The second kappa shape index (κ2) is 4.29. The largest absolute Gasteiger partial charge is 0.376 e. The average Bonchev–Trinajstić information content (AvgIpc) is 2.59. The highest BCUT2D eigenvalue weighted by Crippen LogP contribution is 2.29. The second-order valence-corrected chi connectivity index (χ2v) is 4.46. The zero-order chi connectivity index (χ0) is 12.5. The maximum atomic E-state index is 10.7. The van der Waals surface area contributed by atoms with Gasteiger partial charge in [0.2, 0.25) is 0 Å². The van der Waals surface area contributed by atoms with Crippen molar-refractivity contribution < 1.29 is 9.66 Å². The molecular formula is C11H15N3O3. The molecule has 2 rings (SSSR count). The van der Waals surface area contributed by atoms with Crippen LogP contribution in [0.5, 0.6) is 0 Å². The number of anilines is 1. The fraction of sp³-hybridized carbons (Fsp3) is 0.545. The Morgan fingerprint density at radius 3 is 3.06 bits per heavy atom. The first kappa shape index (κ1) is 11.8. The number of pyridine rings is 1. The molecule has 2 heterocycles. The van der Waals surface area contributed by atoms with E-state index in [9.17, 15) is 10.1 Å². The van der Waals surface area contributed by atoms with Crippen LogP contribution in [0, 0.1) is 10.1 Å². The molecule has 1 N–H and O–H groups in total. The lowest BCUT2D eigenvalue weighted by Crippen LogP contribution is -2.41. The van der Waals surface area contributed by atoms with Crippen LogP contribution in [0.3, 0.4) is 0 Å². The maximum Gasteiger partial charge on any atom is 0.274 e. The van der Waals surface area contributed by atoms with Gasteiger partial charge in [-0.2, -0.15) is 0 Å². The minimum absolute atomic E-state index is 0.0395. The van der Waals surface area contributed by atoms with Crippen LogP contribution in [0.25, 0.3) is 0 Å². The minimum atomic E-state index is -0.427. The van der Waals surface area contributed by atoms with Crippen LogP contribution in [-0.2, 0) is 4.74 Å². The van der Waals surface area contributed by atoms with Gasteiger partial charge in [0.1, 0.15) is 5.82 Å². The molecule has 2 unspecified atom stereocenters. The summed E-state index contributed by atoms with van der Waals surface area (Å²) in [5.41, 5.74) is -0.181. The van der Waals surface area contributed by atoms with E-state index in [0.29, 0.717) is 12.4 Å². The Hall–Kier alpha value is -1.69. The Morgan fingerprint density at radius 1 is 1.71 bits per heavy atom. The summed E-state index contributed by atoms with van der Waals surface area (Å²) in [6.07, 6.45) is 2.35.